The van der Waals surface area contributed by atoms with Gasteiger partial charge in [0.05, 0.1) is 0 Å². The van der Waals surface area contributed by atoms with Crippen molar-refractivity contribution in [3.63, 3.8) is 0 Å². The van der Waals surface area contributed by atoms with E-state index in [2.05, 4.69) is 13.8 Å². The van der Waals surface area contributed by atoms with Gasteiger partial charge in [0.15, 0.2) is 6.29 Å². The molecule has 2 nitrogen and oxygen atoms in total. The van der Waals surface area contributed by atoms with E-state index >= 15 is 0 Å². The highest BCUT2D eigenvalue weighted by atomic mass is 16.5. The van der Waals surface area contributed by atoms with Gasteiger partial charge in [0, 0.05) is 5.92 Å². The Bertz CT molecular complexity index is 208. The van der Waals surface area contributed by atoms with Crippen LogP contribution >= 0.6 is 0 Å². The molecule has 0 aliphatic heterocycles. The van der Waals surface area contributed by atoms with Crippen molar-refractivity contribution in [3.8, 4) is 0 Å². The van der Waals surface area contributed by atoms with Crippen LogP contribution in [0.4, 0.5) is 0 Å². The molecule has 0 unspecified atom stereocenters. The van der Waals surface area contributed by atoms with E-state index in [4.69, 9.17) is 0 Å². The first-order valence-corrected chi connectivity index (χ1v) is 11.1. The van der Waals surface area contributed by atoms with Crippen LogP contribution in [-0.4, -0.2) is 16.5 Å². The summed E-state index contributed by atoms with van der Waals surface area (Å²) in [4.78, 5) is 0. The molecule has 0 aromatic heterocycles. The van der Waals surface area contributed by atoms with Crippen LogP contribution < -0.4 is 0 Å². The lowest BCUT2D eigenvalue weighted by Gasteiger charge is -2.18. The number of rotatable bonds is 19. The molecular weight excluding hydrogens is 296 g/mol. The van der Waals surface area contributed by atoms with Gasteiger partial charge in [-0.3, -0.25) is 0 Å². The summed E-state index contributed by atoms with van der Waals surface area (Å²) < 4.78 is 0. The number of hydrogen-bond donors (Lipinski definition) is 2. The minimum absolute atomic E-state index is 0.102. The fourth-order valence-electron chi connectivity index (χ4n) is 3.52. The molecule has 0 heterocycles. The number of unbranched alkanes of at least 4 members (excludes halogenated alkanes) is 14. The van der Waals surface area contributed by atoms with Crippen LogP contribution in [-0.2, 0) is 0 Å². The Morgan fingerprint density at radius 1 is 0.458 bits per heavy atom. The summed E-state index contributed by atoms with van der Waals surface area (Å²) in [5.41, 5.74) is 0. The Kier molecular flexibility index (Phi) is 19.2. The zero-order chi connectivity index (χ0) is 17.9. The van der Waals surface area contributed by atoms with Gasteiger partial charge in [-0.25, -0.2) is 0 Å². The van der Waals surface area contributed by atoms with E-state index in [0.29, 0.717) is 0 Å². The van der Waals surface area contributed by atoms with E-state index in [1.165, 1.54) is 89.9 Å². The molecule has 2 N–H and O–H groups in total. The summed E-state index contributed by atoms with van der Waals surface area (Å²) in [6.45, 7) is 4.51. The minimum Gasteiger partial charge on any atom is -0.368 e. The Labute approximate surface area is 152 Å². The van der Waals surface area contributed by atoms with Gasteiger partial charge in [-0.2, -0.15) is 0 Å². The molecule has 0 radical (unpaired) electrons. The second-order valence-electron chi connectivity index (χ2n) is 7.70. The second kappa shape index (κ2) is 19.2. The van der Waals surface area contributed by atoms with Crippen molar-refractivity contribution in [2.75, 3.05) is 0 Å². The van der Waals surface area contributed by atoms with Crippen molar-refractivity contribution in [2.45, 2.75) is 136 Å². The summed E-state index contributed by atoms with van der Waals surface area (Å²) >= 11 is 0. The van der Waals surface area contributed by atoms with Gasteiger partial charge in [0.1, 0.15) is 0 Å². The monoisotopic (exact) mass is 342 g/mol. The molecule has 0 amide bonds. The fraction of sp³-hybridized carbons (Fsp3) is 1.00. The molecular formula is C22H46O2. The van der Waals surface area contributed by atoms with Crippen LogP contribution in [0.3, 0.4) is 0 Å². The third-order valence-corrected chi connectivity index (χ3v) is 5.28. The Morgan fingerprint density at radius 3 is 1.04 bits per heavy atom. The van der Waals surface area contributed by atoms with Gasteiger partial charge in [-0.05, 0) is 12.8 Å². The number of aliphatic hydroxyl groups excluding tert-OH is 1. The highest BCUT2D eigenvalue weighted by Crippen LogP contribution is 2.21. The van der Waals surface area contributed by atoms with Crippen LogP contribution in [0.1, 0.15) is 129 Å². The Morgan fingerprint density at radius 2 is 0.750 bits per heavy atom. The van der Waals surface area contributed by atoms with E-state index in [1.54, 1.807) is 0 Å². The third-order valence-electron chi connectivity index (χ3n) is 5.28. The summed E-state index contributed by atoms with van der Waals surface area (Å²) in [7, 11) is 0. The predicted octanol–water partition coefficient (Wildman–Crippen LogP) is 6.97. The van der Waals surface area contributed by atoms with E-state index in [1.807, 2.05) is 0 Å². The van der Waals surface area contributed by atoms with E-state index in [-0.39, 0.29) is 5.92 Å². The normalized spacial score (nSPS) is 11.8. The van der Waals surface area contributed by atoms with Gasteiger partial charge in [-0.1, -0.05) is 117 Å². The lowest BCUT2D eigenvalue weighted by atomic mass is 9.93. The average molecular weight is 343 g/mol. The summed E-state index contributed by atoms with van der Waals surface area (Å²) in [6.07, 6.45) is 21.9. The molecule has 0 aliphatic rings. The Hall–Kier alpha value is -0.0800. The summed E-state index contributed by atoms with van der Waals surface area (Å²) in [6, 6.07) is 0. The van der Waals surface area contributed by atoms with Crippen molar-refractivity contribution in [3.05, 3.63) is 0 Å². The minimum atomic E-state index is -1.11. The highest BCUT2D eigenvalue weighted by Gasteiger charge is 2.15. The van der Waals surface area contributed by atoms with Crippen LogP contribution in [0.2, 0.25) is 0 Å². The van der Waals surface area contributed by atoms with Crippen LogP contribution in [0.5, 0.6) is 0 Å². The molecule has 0 saturated carbocycles. The largest absolute Gasteiger partial charge is 0.368 e. The Balaban J connectivity index is 3.47. The lowest BCUT2D eigenvalue weighted by Crippen LogP contribution is -2.19. The molecule has 0 atom stereocenters. The molecule has 146 valence electrons. The smallest absolute Gasteiger partial charge is 0.154 e. The summed E-state index contributed by atoms with van der Waals surface area (Å²) in [5.74, 6) is 0.102. The van der Waals surface area contributed by atoms with Gasteiger partial charge >= 0.3 is 0 Å². The van der Waals surface area contributed by atoms with Gasteiger partial charge in [-0.15, -0.1) is 0 Å². The number of aliphatic hydroxyl groups is 2. The van der Waals surface area contributed by atoms with Crippen LogP contribution in [0.25, 0.3) is 0 Å². The van der Waals surface area contributed by atoms with Crippen molar-refractivity contribution in [2.24, 2.45) is 5.92 Å². The first kappa shape index (κ1) is 23.9. The van der Waals surface area contributed by atoms with E-state index in [9.17, 15) is 10.2 Å². The molecule has 0 rings (SSSR count). The second-order valence-corrected chi connectivity index (χ2v) is 7.70. The van der Waals surface area contributed by atoms with Crippen molar-refractivity contribution < 1.29 is 10.2 Å². The van der Waals surface area contributed by atoms with Crippen molar-refractivity contribution >= 4 is 0 Å². The molecule has 2 heteroatoms. The van der Waals surface area contributed by atoms with Crippen LogP contribution in [0, 0.1) is 5.92 Å². The van der Waals surface area contributed by atoms with Crippen LogP contribution in [0.15, 0.2) is 0 Å². The molecule has 0 aromatic carbocycles. The summed E-state index contributed by atoms with van der Waals surface area (Å²) in [5, 5.41) is 19.1. The molecule has 0 bridgehead atoms. The van der Waals surface area contributed by atoms with Gasteiger partial charge in [0.25, 0.3) is 0 Å². The average Bonchev–Trinajstić information content (AvgIpc) is 2.57. The zero-order valence-corrected chi connectivity index (χ0v) is 16.8. The van der Waals surface area contributed by atoms with Crippen molar-refractivity contribution in [1.29, 1.82) is 0 Å². The molecule has 0 fully saturated rings. The van der Waals surface area contributed by atoms with E-state index in [0.717, 1.165) is 25.7 Å². The molecule has 0 saturated heterocycles. The first-order valence-electron chi connectivity index (χ1n) is 11.1. The maximum absolute atomic E-state index is 9.57. The van der Waals surface area contributed by atoms with Gasteiger partial charge < -0.3 is 10.2 Å². The SMILES string of the molecule is CCCCCCCCCCC(CCCCCCCCCC)C(O)O. The predicted molar refractivity (Wildman–Crippen MR) is 106 cm³/mol. The maximum Gasteiger partial charge on any atom is 0.154 e. The first-order chi connectivity index (χ1) is 11.7. The highest BCUT2D eigenvalue weighted by molar-refractivity contribution is 4.62. The van der Waals surface area contributed by atoms with E-state index < -0.39 is 6.29 Å². The standard InChI is InChI=1S/C22H46O2/c1-3-5-7-9-11-13-15-17-19-21(22(23)24)20-18-16-14-12-10-8-6-4-2/h21-24H,3-20H2,1-2H3. The lowest BCUT2D eigenvalue weighted by molar-refractivity contribution is -0.0890. The topological polar surface area (TPSA) is 40.5 Å². The molecule has 0 spiro atoms. The molecule has 24 heavy (non-hydrogen) atoms. The fourth-order valence-corrected chi connectivity index (χ4v) is 3.52. The molecule has 0 aliphatic carbocycles. The third kappa shape index (κ3) is 16.8. The number of hydrogen-bond acceptors (Lipinski definition) is 2. The molecule has 0 aromatic rings. The zero-order valence-electron chi connectivity index (χ0n) is 16.8. The van der Waals surface area contributed by atoms with Gasteiger partial charge in [0.2, 0.25) is 0 Å². The van der Waals surface area contributed by atoms with Crippen molar-refractivity contribution in [1.82, 2.24) is 0 Å². The quantitative estimate of drug-likeness (QED) is 0.196. The maximum atomic E-state index is 9.57.